The molecule has 24 heavy (non-hydrogen) atoms. The number of benzene rings is 2. The molecule has 0 fully saturated rings. The van der Waals surface area contributed by atoms with E-state index >= 15 is 0 Å². The Bertz CT molecular complexity index is 780. The van der Waals surface area contributed by atoms with Crippen molar-refractivity contribution >= 4 is 22.7 Å². The SMILES string of the molecule is COC(=O)CC1c2ccc3ccccc3c2CC(C)C1C(=O)OC. The van der Waals surface area contributed by atoms with E-state index in [9.17, 15) is 9.59 Å². The van der Waals surface area contributed by atoms with Crippen LogP contribution in [-0.4, -0.2) is 26.2 Å². The van der Waals surface area contributed by atoms with Gasteiger partial charge in [0.15, 0.2) is 0 Å². The van der Waals surface area contributed by atoms with Crippen molar-refractivity contribution in [3.05, 3.63) is 47.5 Å². The molecule has 0 aliphatic heterocycles. The summed E-state index contributed by atoms with van der Waals surface area (Å²) in [6, 6.07) is 12.3. The van der Waals surface area contributed by atoms with Gasteiger partial charge in [-0.1, -0.05) is 43.3 Å². The topological polar surface area (TPSA) is 52.6 Å². The third-order valence-corrected chi connectivity index (χ3v) is 5.14. The number of ether oxygens (including phenoxy) is 2. The molecule has 0 bridgehead atoms. The molecule has 2 aromatic rings. The molecule has 0 heterocycles. The van der Waals surface area contributed by atoms with E-state index in [4.69, 9.17) is 9.47 Å². The third-order valence-electron chi connectivity index (χ3n) is 5.14. The highest BCUT2D eigenvalue weighted by molar-refractivity contribution is 5.88. The van der Waals surface area contributed by atoms with Crippen LogP contribution < -0.4 is 0 Å². The van der Waals surface area contributed by atoms with Gasteiger partial charge >= 0.3 is 11.9 Å². The summed E-state index contributed by atoms with van der Waals surface area (Å²) < 4.78 is 9.88. The number of esters is 2. The fraction of sp³-hybridized carbons (Fsp3) is 0.400. The average molecular weight is 326 g/mol. The predicted octanol–water partition coefficient (Wildman–Crippen LogP) is 3.47. The Balaban J connectivity index is 2.15. The number of methoxy groups -OCH3 is 2. The molecule has 0 amide bonds. The van der Waals surface area contributed by atoms with Crippen LogP contribution in [0.5, 0.6) is 0 Å². The molecule has 126 valence electrons. The molecular formula is C20H22O4. The number of carbonyl (C=O) groups excluding carboxylic acids is 2. The molecule has 3 rings (SSSR count). The standard InChI is InChI=1S/C20H22O4/c1-12-10-16-14-7-5-4-6-13(14)8-9-15(16)17(11-18(21)23-2)19(12)20(22)24-3/h4-9,12,17,19H,10-11H2,1-3H3. The van der Waals surface area contributed by atoms with Gasteiger partial charge in [0.05, 0.1) is 26.6 Å². The van der Waals surface area contributed by atoms with Crippen LogP contribution >= 0.6 is 0 Å². The maximum atomic E-state index is 12.4. The quantitative estimate of drug-likeness (QED) is 0.811. The molecule has 0 radical (unpaired) electrons. The van der Waals surface area contributed by atoms with Crippen LogP contribution in [0.15, 0.2) is 36.4 Å². The van der Waals surface area contributed by atoms with Gasteiger partial charge in [0.25, 0.3) is 0 Å². The molecule has 4 heteroatoms. The molecule has 0 spiro atoms. The van der Waals surface area contributed by atoms with Gasteiger partial charge in [-0.25, -0.2) is 0 Å². The molecule has 0 saturated carbocycles. The zero-order chi connectivity index (χ0) is 17.3. The summed E-state index contributed by atoms with van der Waals surface area (Å²) in [4.78, 5) is 24.3. The Hall–Kier alpha value is -2.36. The Morgan fingerprint density at radius 1 is 1.08 bits per heavy atom. The van der Waals surface area contributed by atoms with Gasteiger partial charge in [0, 0.05) is 5.92 Å². The fourth-order valence-electron chi connectivity index (χ4n) is 4.00. The highest BCUT2D eigenvalue weighted by Gasteiger charge is 2.41. The highest BCUT2D eigenvalue weighted by atomic mass is 16.5. The van der Waals surface area contributed by atoms with Gasteiger partial charge < -0.3 is 9.47 Å². The molecule has 0 aromatic heterocycles. The van der Waals surface area contributed by atoms with Crippen LogP contribution in [0.25, 0.3) is 10.8 Å². The van der Waals surface area contributed by atoms with Gasteiger partial charge in [-0.05, 0) is 34.2 Å². The molecule has 0 N–H and O–H groups in total. The smallest absolute Gasteiger partial charge is 0.309 e. The number of rotatable bonds is 3. The average Bonchev–Trinajstić information content (AvgIpc) is 2.60. The largest absolute Gasteiger partial charge is 0.469 e. The Kier molecular flexibility index (Phi) is 4.56. The lowest BCUT2D eigenvalue weighted by atomic mass is 9.67. The van der Waals surface area contributed by atoms with Crippen molar-refractivity contribution in [2.45, 2.75) is 25.7 Å². The zero-order valence-corrected chi connectivity index (χ0v) is 14.2. The van der Waals surface area contributed by atoms with E-state index in [1.54, 1.807) is 0 Å². The van der Waals surface area contributed by atoms with Gasteiger partial charge in [0.2, 0.25) is 0 Å². The van der Waals surface area contributed by atoms with Crippen LogP contribution in [0.1, 0.15) is 30.4 Å². The number of carbonyl (C=O) groups is 2. The van der Waals surface area contributed by atoms with Crippen LogP contribution in [0.2, 0.25) is 0 Å². The maximum absolute atomic E-state index is 12.4. The van der Waals surface area contributed by atoms with Crippen molar-refractivity contribution in [3.63, 3.8) is 0 Å². The summed E-state index contributed by atoms with van der Waals surface area (Å²) in [6.45, 7) is 2.05. The van der Waals surface area contributed by atoms with Crippen molar-refractivity contribution in [2.75, 3.05) is 14.2 Å². The second-order valence-corrected chi connectivity index (χ2v) is 6.47. The summed E-state index contributed by atoms with van der Waals surface area (Å²) in [6.07, 6.45) is 0.986. The number of hydrogen-bond acceptors (Lipinski definition) is 4. The van der Waals surface area contributed by atoms with E-state index in [1.165, 1.54) is 30.6 Å². The lowest BCUT2D eigenvalue weighted by Gasteiger charge is -2.36. The van der Waals surface area contributed by atoms with Crippen LogP contribution in [0.3, 0.4) is 0 Å². The normalized spacial score (nSPS) is 22.7. The molecule has 1 aliphatic carbocycles. The minimum atomic E-state index is -0.331. The zero-order valence-electron chi connectivity index (χ0n) is 14.2. The molecule has 3 atom stereocenters. The number of hydrogen-bond donors (Lipinski definition) is 0. The monoisotopic (exact) mass is 326 g/mol. The maximum Gasteiger partial charge on any atom is 0.309 e. The predicted molar refractivity (Wildman–Crippen MR) is 91.7 cm³/mol. The molecular weight excluding hydrogens is 304 g/mol. The fourth-order valence-corrected chi connectivity index (χ4v) is 4.00. The van der Waals surface area contributed by atoms with E-state index < -0.39 is 0 Å². The minimum absolute atomic E-state index is 0.102. The van der Waals surface area contributed by atoms with Gasteiger partial charge in [-0.15, -0.1) is 0 Å². The number of fused-ring (bicyclic) bond motifs is 3. The summed E-state index contributed by atoms with van der Waals surface area (Å²) in [7, 11) is 2.78. The molecule has 1 aliphatic rings. The molecule has 0 saturated heterocycles. The van der Waals surface area contributed by atoms with Gasteiger partial charge in [-0.3, -0.25) is 9.59 Å². The first kappa shape index (κ1) is 16.5. The molecule has 2 aromatic carbocycles. The molecule has 4 nitrogen and oxygen atoms in total. The van der Waals surface area contributed by atoms with Crippen molar-refractivity contribution in [1.82, 2.24) is 0 Å². The van der Waals surface area contributed by atoms with E-state index in [0.717, 1.165) is 12.0 Å². The third kappa shape index (κ3) is 2.77. The first-order chi connectivity index (χ1) is 11.6. The van der Waals surface area contributed by atoms with Crippen LogP contribution in [-0.2, 0) is 25.5 Å². The van der Waals surface area contributed by atoms with E-state index in [2.05, 4.69) is 25.1 Å². The Morgan fingerprint density at radius 2 is 1.83 bits per heavy atom. The van der Waals surface area contributed by atoms with Crippen molar-refractivity contribution < 1.29 is 19.1 Å². The lowest BCUT2D eigenvalue weighted by molar-refractivity contribution is -0.150. The van der Waals surface area contributed by atoms with Crippen molar-refractivity contribution in [2.24, 2.45) is 11.8 Å². The second-order valence-electron chi connectivity index (χ2n) is 6.47. The summed E-state index contributed by atoms with van der Waals surface area (Å²) >= 11 is 0. The van der Waals surface area contributed by atoms with Gasteiger partial charge in [0.1, 0.15) is 0 Å². The summed E-state index contributed by atoms with van der Waals surface area (Å²) in [5.41, 5.74) is 2.29. The first-order valence-corrected chi connectivity index (χ1v) is 8.22. The van der Waals surface area contributed by atoms with Crippen molar-refractivity contribution in [1.29, 1.82) is 0 Å². The van der Waals surface area contributed by atoms with Crippen molar-refractivity contribution in [3.8, 4) is 0 Å². The summed E-state index contributed by atoms with van der Waals surface area (Å²) in [5, 5.41) is 2.37. The Labute approximate surface area is 141 Å². The minimum Gasteiger partial charge on any atom is -0.469 e. The highest BCUT2D eigenvalue weighted by Crippen LogP contribution is 2.44. The first-order valence-electron chi connectivity index (χ1n) is 8.22. The van der Waals surface area contributed by atoms with Gasteiger partial charge in [-0.2, -0.15) is 0 Å². The van der Waals surface area contributed by atoms with Crippen LogP contribution in [0.4, 0.5) is 0 Å². The second kappa shape index (κ2) is 6.63. The lowest BCUT2D eigenvalue weighted by Crippen LogP contribution is -2.36. The van der Waals surface area contributed by atoms with E-state index in [-0.39, 0.29) is 36.1 Å². The van der Waals surface area contributed by atoms with E-state index in [0.29, 0.717) is 0 Å². The summed E-state index contributed by atoms with van der Waals surface area (Å²) in [5.74, 6) is -1.00. The van der Waals surface area contributed by atoms with Crippen LogP contribution in [0, 0.1) is 11.8 Å². The Morgan fingerprint density at radius 3 is 2.54 bits per heavy atom. The van der Waals surface area contributed by atoms with E-state index in [1.807, 2.05) is 18.2 Å². The molecule has 3 unspecified atom stereocenters.